The summed E-state index contributed by atoms with van der Waals surface area (Å²) in [4.78, 5) is 17.8. The minimum Gasteiger partial charge on any atom is -0.355 e. The Morgan fingerprint density at radius 3 is 2.35 bits per heavy atom. The molecule has 0 spiro atoms. The van der Waals surface area contributed by atoms with E-state index in [1.165, 1.54) is 7.05 Å². The van der Waals surface area contributed by atoms with Crippen molar-refractivity contribution in [2.75, 3.05) is 34.2 Å². The first kappa shape index (κ1) is 16.7. The molecule has 0 aromatic carbocycles. The highest BCUT2D eigenvalue weighted by Crippen LogP contribution is 2.38. The molecule has 5 nitrogen and oxygen atoms in total. The molecule has 2 N–H and O–H groups in total. The molecule has 0 heterocycles. The van der Waals surface area contributed by atoms with Crippen LogP contribution in [-0.4, -0.2) is 57.4 Å². The largest absolute Gasteiger partial charge is 0.355 e. The van der Waals surface area contributed by atoms with Gasteiger partial charge in [0.05, 0.1) is 12.0 Å². The van der Waals surface area contributed by atoms with Gasteiger partial charge in [-0.3, -0.25) is 9.79 Å². The highest BCUT2D eigenvalue weighted by atomic mass is 19.3. The van der Waals surface area contributed by atoms with E-state index in [9.17, 15) is 13.6 Å². The van der Waals surface area contributed by atoms with Crippen LogP contribution >= 0.6 is 0 Å². The summed E-state index contributed by atoms with van der Waals surface area (Å²) in [5.74, 6) is 0.398. The molecule has 0 bridgehead atoms. The monoisotopic (exact) mass is 290 g/mol. The Kier molecular flexibility index (Phi) is 6.16. The minimum absolute atomic E-state index is 0.0896. The van der Waals surface area contributed by atoms with Crippen LogP contribution in [0.1, 0.15) is 25.7 Å². The van der Waals surface area contributed by atoms with Crippen molar-refractivity contribution in [3.05, 3.63) is 0 Å². The second-order valence-electron chi connectivity index (χ2n) is 5.38. The minimum atomic E-state index is -2.43. The van der Waals surface area contributed by atoms with Crippen molar-refractivity contribution in [3.63, 3.8) is 0 Å². The molecular weight excluding hydrogens is 266 g/mol. The molecule has 20 heavy (non-hydrogen) atoms. The molecule has 0 aromatic heterocycles. The second-order valence-corrected chi connectivity index (χ2v) is 5.38. The van der Waals surface area contributed by atoms with Crippen molar-refractivity contribution in [1.29, 1.82) is 0 Å². The molecule has 1 rings (SSSR count). The fraction of sp³-hybridized carbons (Fsp3) is 0.846. The highest BCUT2D eigenvalue weighted by molar-refractivity contribution is 5.85. The number of amides is 1. The lowest BCUT2D eigenvalue weighted by molar-refractivity contribution is -0.138. The normalized spacial score (nSPS) is 18.2. The Hall–Kier alpha value is -1.40. The van der Waals surface area contributed by atoms with Crippen LogP contribution in [0.4, 0.5) is 8.78 Å². The van der Waals surface area contributed by atoms with Crippen molar-refractivity contribution < 1.29 is 13.6 Å². The van der Waals surface area contributed by atoms with Gasteiger partial charge in [-0.15, -0.1) is 0 Å². The van der Waals surface area contributed by atoms with Gasteiger partial charge in [-0.2, -0.15) is 0 Å². The summed E-state index contributed by atoms with van der Waals surface area (Å²) in [6, 6.07) is 0. The first-order chi connectivity index (χ1) is 9.41. The summed E-state index contributed by atoms with van der Waals surface area (Å²) in [5.41, 5.74) is -0.439. The molecule has 7 heteroatoms. The van der Waals surface area contributed by atoms with E-state index in [0.29, 0.717) is 12.5 Å². The maximum absolute atomic E-state index is 12.3. The summed E-state index contributed by atoms with van der Waals surface area (Å²) in [7, 11) is 5.01. The third-order valence-corrected chi connectivity index (χ3v) is 3.66. The maximum atomic E-state index is 12.3. The third kappa shape index (κ3) is 4.31. The summed E-state index contributed by atoms with van der Waals surface area (Å²) >= 11 is 0. The van der Waals surface area contributed by atoms with E-state index in [1.807, 2.05) is 0 Å². The number of halogens is 2. The van der Waals surface area contributed by atoms with Crippen LogP contribution < -0.4 is 10.6 Å². The van der Waals surface area contributed by atoms with Gasteiger partial charge in [-0.25, -0.2) is 8.78 Å². The molecule has 116 valence electrons. The average molecular weight is 290 g/mol. The van der Waals surface area contributed by atoms with Crippen LogP contribution in [-0.2, 0) is 4.79 Å². The molecule has 1 fully saturated rings. The van der Waals surface area contributed by atoms with Crippen LogP contribution in [0.25, 0.3) is 0 Å². The first-order valence-electron chi connectivity index (χ1n) is 6.86. The van der Waals surface area contributed by atoms with E-state index in [2.05, 4.69) is 15.6 Å². The van der Waals surface area contributed by atoms with Gasteiger partial charge in [-0.05, 0) is 12.8 Å². The smallest absolute Gasteiger partial charge is 0.255 e. The summed E-state index contributed by atoms with van der Waals surface area (Å²) in [6.07, 6.45) is 1.25. The standard InChI is InChI=1S/C13H24F2N4O/c1-16-12(17-8-10(14)15)18-9-13(6-4-5-7-13)11(20)19(2)3/h10H,4-9H2,1-3H3,(H2,16,17,18). The van der Waals surface area contributed by atoms with E-state index in [1.54, 1.807) is 19.0 Å². The molecule has 0 atom stereocenters. The van der Waals surface area contributed by atoms with Crippen LogP contribution in [0.5, 0.6) is 0 Å². The zero-order valence-electron chi connectivity index (χ0n) is 12.4. The molecule has 0 radical (unpaired) electrons. The zero-order valence-corrected chi connectivity index (χ0v) is 12.4. The SMILES string of the molecule is CN=C(NCC(F)F)NCC1(C(=O)N(C)C)CCCC1. The third-order valence-electron chi connectivity index (χ3n) is 3.66. The number of nitrogens with one attached hydrogen (secondary N) is 2. The van der Waals surface area contributed by atoms with E-state index in [0.717, 1.165) is 25.7 Å². The molecule has 1 aliphatic rings. The molecule has 0 unspecified atom stereocenters. The van der Waals surface area contributed by atoms with Crippen LogP contribution in [0.2, 0.25) is 0 Å². The Bertz CT molecular complexity index is 352. The summed E-state index contributed by atoms with van der Waals surface area (Å²) in [5, 5.41) is 5.54. The lowest BCUT2D eigenvalue weighted by Gasteiger charge is -2.31. The van der Waals surface area contributed by atoms with E-state index >= 15 is 0 Å². The second kappa shape index (κ2) is 7.40. The number of alkyl halides is 2. The number of hydrogen-bond donors (Lipinski definition) is 2. The topological polar surface area (TPSA) is 56.7 Å². The Morgan fingerprint density at radius 1 is 1.30 bits per heavy atom. The molecule has 1 aliphatic carbocycles. The van der Waals surface area contributed by atoms with Crippen molar-refractivity contribution in [1.82, 2.24) is 15.5 Å². The fourth-order valence-corrected chi connectivity index (χ4v) is 2.64. The molecular formula is C13H24F2N4O. The lowest BCUT2D eigenvalue weighted by Crippen LogP contribution is -2.49. The average Bonchev–Trinajstić information content (AvgIpc) is 2.87. The molecule has 0 aliphatic heterocycles. The van der Waals surface area contributed by atoms with Crippen LogP contribution in [0.3, 0.4) is 0 Å². The Morgan fingerprint density at radius 2 is 1.90 bits per heavy atom. The van der Waals surface area contributed by atoms with Gasteiger partial charge in [0, 0.05) is 27.7 Å². The van der Waals surface area contributed by atoms with Gasteiger partial charge < -0.3 is 15.5 Å². The van der Waals surface area contributed by atoms with Gasteiger partial charge in [0.1, 0.15) is 0 Å². The van der Waals surface area contributed by atoms with Gasteiger partial charge in [0.25, 0.3) is 6.43 Å². The van der Waals surface area contributed by atoms with Crippen molar-refractivity contribution in [2.45, 2.75) is 32.1 Å². The van der Waals surface area contributed by atoms with Crippen molar-refractivity contribution in [3.8, 4) is 0 Å². The fourth-order valence-electron chi connectivity index (χ4n) is 2.64. The van der Waals surface area contributed by atoms with Gasteiger partial charge >= 0.3 is 0 Å². The molecule has 0 aromatic rings. The van der Waals surface area contributed by atoms with Gasteiger partial charge in [0.15, 0.2) is 5.96 Å². The number of guanidine groups is 1. The lowest BCUT2D eigenvalue weighted by atomic mass is 9.84. The maximum Gasteiger partial charge on any atom is 0.255 e. The Labute approximate surface area is 118 Å². The first-order valence-corrected chi connectivity index (χ1v) is 6.86. The van der Waals surface area contributed by atoms with Crippen molar-refractivity contribution >= 4 is 11.9 Å². The van der Waals surface area contributed by atoms with Gasteiger partial charge in [-0.1, -0.05) is 12.8 Å². The predicted octanol–water partition coefficient (Wildman–Crippen LogP) is 1.07. The molecule has 0 saturated heterocycles. The van der Waals surface area contributed by atoms with E-state index in [4.69, 9.17) is 0 Å². The number of hydrogen-bond acceptors (Lipinski definition) is 2. The number of rotatable bonds is 5. The number of nitrogens with zero attached hydrogens (tertiary/aromatic N) is 2. The Balaban J connectivity index is 2.61. The van der Waals surface area contributed by atoms with Crippen molar-refractivity contribution in [2.24, 2.45) is 10.4 Å². The number of carbonyl (C=O) groups excluding carboxylic acids is 1. The zero-order chi connectivity index (χ0) is 15.2. The quantitative estimate of drug-likeness (QED) is 0.588. The van der Waals surface area contributed by atoms with E-state index < -0.39 is 18.4 Å². The number of aliphatic imine (C=N–C) groups is 1. The highest BCUT2D eigenvalue weighted by Gasteiger charge is 2.42. The van der Waals surface area contributed by atoms with Gasteiger partial charge in [0.2, 0.25) is 5.91 Å². The van der Waals surface area contributed by atoms with Crippen LogP contribution in [0.15, 0.2) is 4.99 Å². The predicted molar refractivity (Wildman–Crippen MR) is 75.0 cm³/mol. The van der Waals surface area contributed by atoms with Crippen LogP contribution in [0, 0.1) is 5.41 Å². The summed E-state index contributed by atoms with van der Waals surface area (Å²) < 4.78 is 24.4. The molecule has 1 amide bonds. The number of carbonyl (C=O) groups is 1. The molecule has 1 saturated carbocycles. The van der Waals surface area contributed by atoms with E-state index in [-0.39, 0.29) is 5.91 Å². The summed E-state index contributed by atoms with van der Waals surface area (Å²) in [6.45, 7) is -0.0266.